The summed E-state index contributed by atoms with van der Waals surface area (Å²) in [5.74, 6) is 0.619. The fraction of sp³-hybridized carbons (Fsp3) is 0.632. The van der Waals surface area contributed by atoms with Crippen LogP contribution in [0.25, 0.3) is 0 Å². The van der Waals surface area contributed by atoms with Gasteiger partial charge >= 0.3 is 0 Å². The van der Waals surface area contributed by atoms with Gasteiger partial charge in [0.1, 0.15) is 11.9 Å². The Bertz CT molecular complexity index is 610. The van der Waals surface area contributed by atoms with E-state index in [0.717, 1.165) is 44.3 Å². The van der Waals surface area contributed by atoms with Crippen molar-refractivity contribution in [3.05, 3.63) is 35.6 Å². The van der Waals surface area contributed by atoms with Crippen LogP contribution in [0.15, 0.2) is 29.3 Å². The molecular weight excluding hydrogens is 335 g/mol. The Hall–Kier alpha value is -1.70. The van der Waals surface area contributed by atoms with Gasteiger partial charge in [0.25, 0.3) is 0 Å². The number of nitrogens with one attached hydrogen (secondary N) is 1. The zero-order valence-corrected chi connectivity index (χ0v) is 15.8. The molecule has 0 amide bonds. The van der Waals surface area contributed by atoms with Crippen molar-refractivity contribution in [2.24, 2.45) is 4.99 Å². The highest BCUT2D eigenvalue weighted by molar-refractivity contribution is 5.80. The largest absolute Gasteiger partial charge is 0.374 e. The highest BCUT2D eigenvalue weighted by Gasteiger charge is 2.29. The van der Waals surface area contributed by atoms with Crippen LogP contribution in [0.1, 0.15) is 18.6 Å². The smallest absolute Gasteiger partial charge is 0.193 e. The molecule has 0 bridgehead atoms. The molecule has 7 heteroatoms. The third-order valence-electron chi connectivity index (χ3n) is 4.84. The summed E-state index contributed by atoms with van der Waals surface area (Å²) in [5.41, 5.74) is 0.982. The van der Waals surface area contributed by atoms with Gasteiger partial charge in [-0.05, 0) is 31.7 Å². The van der Waals surface area contributed by atoms with Gasteiger partial charge in [0.2, 0.25) is 0 Å². The Morgan fingerprint density at radius 1 is 1.27 bits per heavy atom. The first-order valence-corrected chi connectivity index (χ1v) is 9.22. The molecule has 0 saturated carbocycles. The van der Waals surface area contributed by atoms with Crippen LogP contribution in [0, 0.1) is 5.82 Å². The van der Waals surface area contributed by atoms with E-state index < -0.39 is 0 Å². The van der Waals surface area contributed by atoms with Crippen LogP contribution in [0.3, 0.4) is 0 Å². The van der Waals surface area contributed by atoms with E-state index in [9.17, 15) is 4.39 Å². The first kappa shape index (κ1) is 19.1. The standard InChI is InChI=1S/C19H29FN4O2/c1-14-11-24(13-18(26-14)15-4-6-16(20)7-5-15)19(21-2)22-10-17-12-23(3)8-9-25-17/h4-7,14,17-18H,8-13H2,1-3H3,(H,21,22). The first-order chi connectivity index (χ1) is 12.5. The highest BCUT2D eigenvalue weighted by atomic mass is 19.1. The lowest BCUT2D eigenvalue weighted by Crippen LogP contribution is -2.53. The van der Waals surface area contributed by atoms with E-state index in [1.165, 1.54) is 12.1 Å². The Morgan fingerprint density at radius 2 is 2.04 bits per heavy atom. The topological polar surface area (TPSA) is 49.3 Å². The molecule has 0 spiro atoms. The molecule has 2 saturated heterocycles. The second kappa shape index (κ2) is 8.79. The van der Waals surface area contributed by atoms with Gasteiger partial charge in [-0.3, -0.25) is 4.99 Å². The Labute approximate surface area is 155 Å². The Balaban J connectivity index is 1.61. The fourth-order valence-corrected chi connectivity index (χ4v) is 3.51. The molecule has 6 nitrogen and oxygen atoms in total. The van der Waals surface area contributed by atoms with E-state index in [0.29, 0.717) is 6.54 Å². The lowest BCUT2D eigenvalue weighted by molar-refractivity contribution is -0.0610. The number of nitrogens with zero attached hydrogens (tertiary/aromatic N) is 3. The second-order valence-corrected chi connectivity index (χ2v) is 7.08. The zero-order valence-electron chi connectivity index (χ0n) is 15.8. The molecule has 3 unspecified atom stereocenters. The van der Waals surface area contributed by atoms with E-state index in [1.807, 2.05) is 0 Å². The van der Waals surface area contributed by atoms with Crippen molar-refractivity contribution < 1.29 is 13.9 Å². The molecule has 0 aliphatic carbocycles. The number of ether oxygens (including phenoxy) is 2. The van der Waals surface area contributed by atoms with Gasteiger partial charge in [0.05, 0.1) is 25.4 Å². The highest BCUT2D eigenvalue weighted by Crippen LogP contribution is 2.25. The number of morpholine rings is 2. The van der Waals surface area contributed by atoms with Crippen molar-refractivity contribution in [3.63, 3.8) is 0 Å². The van der Waals surface area contributed by atoms with Crippen LogP contribution < -0.4 is 5.32 Å². The minimum Gasteiger partial charge on any atom is -0.374 e. The van der Waals surface area contributed by atoms with E-state index in [2.05, 4.69) is 34.1 Å². The normalized spacial score (nSPS) is 28.2. The summed E-state index contributed by atoms with van der Waals surface area (Å²) in [6.45, 7) is 6.89. The van der Waals surface area contributed by atoms with Gasteiger partial charge in [-0.25, -0.2) is 4.39 Å². The number of likely N-dealkylation sites (N-methyl/N-ethyl adjacent to an activating group) is 1. The maximum Gasteiger partial charge on any atom is 0.193 e. The van der Waals surface area contributed by atoms with E-state index in [1.54, 1.807) is 19.2 Å². The van der Waals surface area contributed by atoms with Gasteiger partial charge in [-0.1, -0.05) is 12.1 Å². The predicted molar refractivity (Wildman–Crippen MR) is 99.9 cm³/mol. The number of guanidine groups is 1. The van der Waals surface area contributed by atoms with Crippen molar-refractivity contribution in [2.75, 3.05) is 53.4 Å². The van der Waals surface area contributed by atoms with Gasteiger partial charge in [0, 0.05) is 33.2 Å². The molecule has 1 aromatic carbocycles. The third kappa shape index (κ3) is 4.93. The lowest BCUT2D eigenvalue weighted by Gasteiger charge is -2.39. The average molecular weight is 364 g/mol. The SMILES string of the molecule is CN=C(NCC1CN(C)CCO1)N1CC(C)OC(c2ccc(F)cc2)C1. The summed E-state index contributed by atoms with van der Waals surface area (Å²) < 4.78 is 25.1. The number of rotatable bonds is 3. The van der Waals surface area contributed by atoms with E-state index >= 15 is 0 Å². The molecule has 1 aromatic rings. The van der Waals surface area contributed by atoms with Crippen LogP contribution in [0.2, 0.25) is 0 Å². The van der Waals surface area contributed by atoms with Gasteiger partial charge in [0.15, 0.2) is 5.96 Å². The molecule has 1 N–H and O–H groups in total. The minimum atomic E-state index is -0.232. The monoisotopic (exact) mass is 364 g/mol. The number of hydrogen-bond donors (Lipinski definition) is 1. The summed E-state index contributed by atoms with van der Waals surface area (Å²) >= 11 is 0. The molecule has 144 valence electrons. The summed E-state index contributed by atoms with van der Waals surface area (Å²) in [6, 6.07) is 6.54. The number of benzene rings is 1. The van der Waals surface area contributed by atoms with Crippen molar-refractivity contribution >= 4 is 5.96 Å². The summed E-state index contributed by atoms with van der Waals surface area (Å²) in [4.78, 5) is 8.92. The molecule has 3 rings (SSSR count). The Morgan fingerprint density at radius 3 is 2.73 bits per heavy atom. The molecule has 3 atom stereocenters. The van der Waals surface area contributed by atoms with Crippen molar-refractivity contribution in [1.82, 2.24) is 15.1 Å². The molecular formula is C19H29FN4O2. The molecule has 2 heterocycles. The molecule has 26 heavy (non-hydrogen) atoms. The molecule has 0 radical (unpaired) electrons. The summed E-state index contributed by atoms with van der Waals surface area (Å²) in [7, 11) is 3.91. The molecule has 2 aliphatic heterocycles. The predicted octanol–water partition coefficient (Wildman–Crippen LogP) is 1.49. The van der Waals surface area contributed by atoms with Gasteiger partial charge < -0.3 is 24.6 Å². The number of halogens is 1. The molecule has 2 aliphatic rings. The summed E-state index contributed by atoms with van der Waals surface area (Å²) in [5, 5.41) is 3.44. The van der Waals surface area contributed by atoms with Crippen LogP contribution in [-0.2, 0) is 9.47 Å². The number of hydrogen-bond acceptors (Lipinski definition) is 4. The van der Waals surface area contributed by atoms with Crippen molar-refractivity contribution in [3.8, 4) is 0 Å². The van der Waals surface area contributed by atoms with Crippen LogP contribution in [0.5, 0.6) is 0 Å². The van der Waals surface area contributed by atoms with Gasteiger partial charge in [-0.15, -0.1) is 0 Å². The average Bonchev–Trinajstić information content (AvgIpc) is 2.62. The van der Waals surface area contributed by atoms with Crippen molar-refractivity contribution in [2.45, 2.75) is 25.2 Å². The molecule has 0 aromatic heterocycles. The molecule has 2 fully saturated rings. The maximum absolute atomic E-state index is 13.2. The first-order valence-electron chi connectivity index (χ1n) is 9.22. The van der Waals surface area contributed by atoms with Gasteiger partial charge in [-0.2, -0.15) is 0 Å². The summed E-state index contributed by atoms with van der Waals surface area (Å²) in [6.07, 6.45) is 0.126. The minimum absolute atomic E-state index is 0.0643. The maximum atomic E-state index is 13.2. The Kier molecular flexibility index (Phi) is 6.45. The lowest BCUT2D eigenvalue weighted by atomic mass is 10.1. The quantitative estimate of drug-likeness (QED) is 0.651. The van der Waals surface area contributed by atoms with Crippen LogP contribution >= 0.6 is 0 Å². The third-order valence-corrected chi connectivity index (χ3v) is 4.84. The number of aliphatic imine (C=N–C) groups is 1. The van der Waals surface area contributed by atoms with Crippen LogP contribution in [0.4, 0.5) is 4.39 Å². The van der Waals surface area contributed by atoms with Crippen molar-refractivity contribution in [1.29, 1.82) is 0 Å². The zero-order chi connectivity index (χ0) is 18.5. The van der Waals surface area contributed by atoms with E-state index in [-0.39, 0.29) is 24.1 Å². The second-order valence-electron chi connectivity index (χ2n) is 7.08. The fourth-order valence-electron chi connectivity index (χ4n) is 3.51. The van der Waals surface area contributed by atoms with E-state index in [4.69, 9.17) is 9.47 Å². The van der Waals surface area contributed by atoms with Crippen LogP contribution in [-0.4, -0.2) is 81.4 Å².